The lowest BCUT2D eigenvalue weighted by atomic mass is 9.85. The van der Waals surface area contributed by atoms with E-state index in [4.69, 9.17) is 10.8 Å². The highest BCUT2D eigenvalue weighted by Crippen LogP contribution is 2.42. The summed E-state index contributed by atoms with van der Waals surface area (Å²) in [5.41, 5.74) is 5.60. The number of aliphatic imine (C=N–C) groups is 1. The fourth-order valence-corrected chi connectivity index (χ4v) is 6.19. The van der Waals surface area contributed by atoms with Crippen molar-refractivity contribution in [3.63, 3.8) is 0 Å². The third-order valence-corrected chi connectivity index (χ3v) is 7.97. The molecule has 0 fully saturated rings. The van der Waals surface area contributed by atoms with Crippen LogP contribution in [-0.2, 0) is 6.42 Å². The number of anilines is 2. The molecule has 0 spiro atoms. The molecule has 40 heavy (non-hydrogen) atoms. The van der Waals surface area contributed by atoms with Crippen LogP contribution in [0.25, 0.3) is 21.7 Å². The first-order valence-electron chi connectivity index (χ1n) is 13.0. The number of fused-ring (bicyclic) bond motifs is 2. The van der Waals surface area contributed by atoms with Crippen molar-refractivity contribution in [3.8, 4) is 0 Å². The highest BCUT2D eigenvalue weighted by molar-refractivity contribution is 6.43. The van der Waals surface area contributed by atoms with Gasteiger partial charge in [-0.2, -0.15) is 0 Å². The summed E-state index contributed by atoms with van der Waals surface area (Å²) in [5.74, 6) is -0.612. The fourth-order valence-electron chi connectivity index (χ4n) is 6.19. The van der Waals surface area contributed by atoms with Gasteiger partial charge in [-0.1, -0.05) is 12.1 Å². The topological polar surface area (TPSA) is 114 Å². The van der Waals surface area contributed by atoms with Gasteiger partial charge in [0.05, 0.1) is 22.6 Å². The van der Waals surface area contributed by atoms with Gasteiger partial charge in [-0.15, -0.1) is 0 Å². The van der Waals surface area contributed by atoms with Gasteiger partial charge in [0, 0.05) is 56.4 Å². The summed E-state index contributed by atoms with van der Waals surface area (Å²) >= 11 is 0. The van der Waals surface area contributed by atoms with Crippen LogP contribution in [0.2, 0.25) is 0 Å². The third-order valence-electron chi connectivity index (χ3n) is 7.97. The first kappa shape index (κ1) is 22.5. The molecule has 0 atom stereocenters. The van der Waals surface area contributed by atoms with Crippen LogP contribution in [0.1, 0.15) is 43.8 Å². The average molecular weight is 521 g/mol. The van der Waals surface area contributed by atoms with E-state index < -0.39 is 0 Å². The molecule has 0 saturated heterocycles. The molecule has 8 heteroatoms. The van der Waals surface area contributed by atoms with Crippen molar-refractivity contribution in [1.82, 2.24) is 4.98 Å². The SMILES string of the molecule is N=C1c2ccc3c4c(ccc(c24)C(=O)N1c1cccc2c1CCC=N2)C(=N)N(c1cccc2ncccc12)C3=O. The molecule has 5 aromatic rings. The maximum absolute atomic E-state index is 14.0. The summed E-state index contributed by atoms with van der Waals surface area (Å²) in [7, 11) is 0. The Kier molecular flexibility index (Phi) is 4.50. The van der Waals surface area contributed by atoms with Crippen LogP contribution in [0.15, 0.2) is 84.0 Å². The van der Waals surface area contributed by atoms with E-state index in [0.29, 0.717) is 44.4 Å². The molecule has 0 unspecified atom stereocenters. The lowest BCUT2D eigenvalue weighted by molar-refractivity contribution is 0.0993. The molecular formula is C32H20N6O2. The number of carbonyl (C=O) groups is 2. The molecule has 8 nitrogen and oxygen atoms in total. The fraction of sp³-hybridized carbons (Fsp3) is 0.0625. The predicted octanol–water partition coefficient (Wildman–Crippen LogP) is 6.01. The van der Waals surface area contributed by atoms with Crippen molar-refractivity contribution in [3.05, 3.63) is 107 Å². The Morgan fingerprint density at radius 3 is 2.02 bits per heavy atom. The van der Waals surface area contributed by atoms with E-state index in [2.05, 4.69) is 9.98 Å². The molecule has 4 heterocycles. The van der Waals surface area contributed by atoms with E-state index in [-0.39, 0.29) is 23.5 Å². The predicted molar refractivity (Wildman–Crippen MR) is 156 cm³/mol. The Morgan fingerprint density at radius 1 is 0.675 bits per heavy atom. The number of rotatable bonds is 2. The highest BCUT2D eigenvalue weighted by Gasteiger charge is 2.39. The zero-order chi connectivity index (χ0) is 27.1. The number of nitrogens with one attached hydrogen (secondary N) is 2. The van der Waals surface area contributed by atoms with Crippen molar-refractivity contribution in [2.24, 2.45) is 4.99 Å². The maximum atomic E-state index is 14.0. The van der Waals surface area contributed by atoms with Crippen LogP contribution < -0.4 is 9.80 Å². The van der Waals surface area contributed by atoms with Crippen LogP contribution in [0.5, 0.6) is 0 Å². The smallest absolute Gasteiger partial charge is 0.264 e. The van der Waals surface area contributed by atoms with E-state index in [9.17, 15) is 9.59 Å². The van der Waals surface area contributed by atoms with E-state index >= 15 is 0 Å². The Balaban J connectivity index is 1.32. The van der Waals surface area contributed by atoms with Crippen molar-refractivity contribution >= 4 is 68.4 Å². The van der Waals surface area contributed by atoms with Crippen LogP contribution in [-0.4, -0.2) is 34.7 Å². The van der Waals surface area contributed by atoms with Crippen molar-refractivity contribution in [2.75, 3.05) is 9.80 Å². The number of nitrogens with zero attached hydrogens (tertiary/aromatic N) is 4. The third kappa shape index (κ3) is 2.84. The zero-order valence-electron chi connectivity index (χ0n) is 21.1. The maximum Gasteiger partial charge on any atom is 0.264 e. The second-order valence-corrected chi connectivity index (χ2v) is 10.0. The Morgan fingerprint density at radius 2 is 1.30 bits per heavy atom. The van der Waals surface area contributed by atoms with E-state index in [0.717, 1.165) is 35.0 Å². The first-order chi connectivity index (χ1) is 19.5. The molecule has 3 aliphatic rings. The van der Waals surface area contributed by atoms with Gasteiger partial charge in [0.2, 0.25) is 0 Å². The monoisotopic (exact) mass is 520 g/mol. The number of hydrogen-bond acceptors (Lipinski definition) is 6. The minimum Gasteiger partial charge on any atom is -0.283 e. The minimum absolute atomic E-state index is 0.0222. The van der Waals surface area contributed by atoms with E-state index in [1.54, 1.807) is 30.5 Å². The van der Waals surface area contributed by atoms with Crippen LogP contribution in [0.4, 0.5) is 17.1 Å². The zero-order valence-corrected chi connectivity index (χ0v) is 21.1. The molecule has 1 aromatic heterocycles. The number of benzene rings is 4. The van der Waals surface area contributed by atoms with Gasteiger partial charge in [-0.3, -0.25) is 40.2 Å². The molecule has 3 aliphatic heterocycles. The number of amidine groups is 2. The molecule has 0 radical (unpaired) electrons. The van der Waals surface area contributed by atoms with Gasteiger partial charge in [0.1, 0.15) is 11.7 Å². The van der Waals surface area contributed by atoms with E-state index in [1.165, 1.54) is 9.80 Å². The molecule has 190 valence electrons. The number of pyridine rings is 1. The molecular weight excluding hydrogens is 500 g/mol. The van der Waals surface area contributed by atoms with Gasteiger partial charge in [-0.05, 0) is 73.5 Å². The van der Waals surface area contributed by atoms with Crippen molar-refractivity contribution < 1.29 is 9.59 Å². The summed E-state index contributed by atoms with van der Waals surface area (Å²) in [6, 6.07) is 21.7. The van der Waals surface area contributed by atoms with Gasteiger partial charge < -0.3 is 0 Å². The lowest BCUT2D eigenvalue weighted by Gasteiger charge is -2.35. The summed E-state index contributed by atoms with van der Waals surface area (Å²) in [4.78, 5) is 39.8. The second-order valence-electron chi connectivity index (χ2n) is 10.0. The standard InChI is InChI=1S/C32H20N6O2/c33-29-19-11-14-22-28-20(30(34)38(32(22)40)26-10-2-8-24-18(26)6-4-16-36-24)12-13-21(27(19)28)31(39)37(29)25-9-1-7-23-17(25)5-3-15-35-23/h1-3,5,7-16,33-34H,4,6H2. The Hall–Kier alpha value is -5.50. The number of hydrogen-bond donors (Lipinski definition) is 2. The molecule has 0 bridgehead atoms. The average Bonchev–Trinajstić information content (AvgIpc) is 2.99. The lowest BCUT2D eigenvalue weighted by Crippen LogP contribution is -2.43. The summed E-state index contributed by atoms with van der Waals surface area (Å²) in [6.45, 7) is 0. The Bertz CT molecular complexity index is 1980. The molecule has 2 amide bonds. The molecule has 0 saturated carbocycles. The highest BCUT2D eigenvalue weighted by atomic mass is 16.2. The normalized spacial score (nSPS) is 15.8. The molecule has 0 aliphatic carbocycles. The van der Waals surface area contributed by atoms with Gasteiger partial charge >= 0.3 is 0 Å². The van der Waals surface area contributed by atoms with Gasteiger partial charge in [-0.25, -0.2) is 0 Å². The summed E-state index contributed by atoms with van der Waals surface area (Å²) in [6.07, 6.45) is 5.07. The van der Waals surface area contributed by atoms with E-state index in [1.807, 2.05) is 54.7 Å². The number of carbonyl (C=O) groups excluding carboxylic acids is 2. The first-order valence-corrected chi connectivity index (χ1v) is 13.0. The number of amides is 2. The molecule has 2 N–H and O–H groups in total. The van der Waals surface area contributed by atoms with Crippen LogP contribution in [0.3, 0.4) is 0 Å². The van der Waals surface area contributed by atoms with Gasteiger partial charge in [0.25, 0.3) is 11.8 Å². The van der Waals surface area contributed by atoms with Crippen molar-refractivity contribution in [2.45, 2.75) is 12.8 Å². The van der Waals surface area contributed by atoms with Crippen LogP contribution in [0, 0.1) is 10.8 Å². The van der Waals surface area contributed by atoms with Crippen molar-refractivity contribution in [1.29, 1.82) is 10.8 Å². The molecule has 8 rings (SSSR count). The minimum atomic E-state index is -0.353. The molecule has 4 aromatic carbocycles. The Labute approximate surface area is 228 Å². The van der Waals surface area contributed by atoms with Gasteiger partial charge in [0.15, 0.2) is 0 Å². The number of aromatic nitrogens is 1. The summed E-state index contributed by atoms with van der Waals surface area (Å²) in [5, 5.41) is 20.1. The second kappa shape index (κ2) is 8.00. The van der Waals surface area contributed by atoms with Crippen LogP contribution >= 0.6 is 0 Å². The largest absolute Gasteiger partial charge is 0.283 e. The quantitative estimate of drug-likeness (QED) is 0.297. The summed E-state index contributed by atoms with van der Waals surface area (Å²) < 4.78 is 0.